The van der Waals surface area contributed by atoms with Crippen molar-refractivity contribution in [1.82, 2.24) is 0 Å². The second-order valence-electron chi connectivity index (χ2n) is 4.27. The summed E-state index contributed by atoms with van der Waals surface area (Å²) in [6.07, 6.45) is 4.37. The first-order valence-corrected chi connectivity index (χ1v) is 6.81. The zero-order valence-corrected chi connectivity index (χ0v) is 12.6. The average molecular weight is 315 g/mol. The number of carbonyl (C=O) groups is 1. The molecule has 1 rings (SSSR count). The van der Waals surface area contributed by atoms with Gasteiger partial charge in [0.15, 0.2) is 0 Å². The summed E-state index contributed by atoms with van der Waals surface area (Å²) in [4.78, 5) is 10.7. The van der Waals surface area contributed by atoms with Crippen LogP contribution in [0.4, 0.5) is 0 Å². The van der Waals surface area contributed by atoms with Crippen LogP contribution in [0.15, 0.2) is 46.5 Å². The molecule has 1 aromatic rings. The van der Waals surface area contributed by atoms with E-state index in [0.29, 0.717) is 19.6 Å². The predicted octanol–water partition coefficient (Wildman–Crippen LogP) is 4.56. The highest BCUT2D eigenvalue weighted by atomic mass is 35.5. The quantitative estimate of drug-likeness (QED) is 0.593. The SMILES string of the molecule is C/C(=C\COCc1ccc(C(=O)O)cc1)CC=C(Cl)Cl. The fourth-order valence-corrected chi connectivity index (χ4v) is 1.60. The van der Waals surface area contributed by atoms with Gasteiger partial charge in [-0.05, 0) is 31.0 Å². The lowest BCUT2D eigenvalue weighted by molar-refractivity contribution is 0.0696. The van der Waals surface area contributed by atoms with Gasteiger partial charge in [0.25, 0.3) is 0 Å². The fraction of sp³-hybridized carbons (Fsp3) is 0.267. The molecular weight excluding hydrogens is 299 g/mol. The monoisotopic (exact) mass is 314 g/mol. The van der Waals surface area contributed by atoms with Crippen LogP contribution in [0.5, 0.6) is 0 Å². The lowest BCUT2D eigenvalue weighted by atomic mass is 10.1. The van der Waals surface area contributed by atoms with Crippen molar-refractivity contribution < 1.29 is 14.6 Å². The number of rotatable bonds is 7. The molecule has 0 bridgehead atoms. The second kappa shape index (κ2) is 8.80. The zero-order valence-electron chi connectivity index (χ0n) is 11.1. The standard InChI is InChI=1S/C15H16Cl2O3/c1-11(2-7-14(16)17)8-9-20-10-12-3-5-13(6-4-12)15(18)19/h3-8H,2,9-10H2,1H3,(H,18,19)/b11-8+. The minimum absolute atomic E-state index is 0.261. The van der Waals surface area contributed by atoms with E-state index in [2.05, 4.69) is 0 Å². The van der Waals surface area contributed by atoms with Crippen LogP contribution in [0.1, 0.15) is 29.3 Å². The van der Waals surface area contributed by atoms with E-state index in [0.717, 1.165) is 11.1 Å². The van der Waals surface area contributed by atoms with Crippen molar-refractivity contribution >= 4 is 29.2 Å². The maximum Gasteiger partial charge on any atom is 0.335 e. The third-order valence-corrected chi connectivity index (χ3v) is 2.91. The summed E-state index contributed by atoms with van der Waals surface area (Å²) in [5.74, 6) is -0.929. The normalized spacial score (nSPS) is 11.2. The number of halogens is 2. The van der Waals surface area contributed by atoms with Gasteiger partial charge < -0.3 is 9.84 Å². The van der Waals surface area contributed by atoms with Gasteiger partial charge in [-0.1, -0.05) is 53.1 Å². The minimum atomic E-state index is -0.929. The topological polar surface area (TPSA) is 46.5 Å². The van der Waals surface area contributed by atoms with Crippen LogP contribution in [0, 0.1) is 0 Å². The molecule has 1 aromatic carbocycles. The van der Waals surface area contributed by atoms with Crippen molar-refractivity contribution in [2.45, 2.75) is 20.0 Å². The molecule has 20 heavy (non-hydrogen) atoms. The molecule has 0 atom stereocenters. The summed E-state index contributed by atoms with van der Waals surface area (Å²) in [5, 5.41) is 8.78. The number of carboxylic acid groups (broad SMARTS) is 1. The third-order valence-electron chi connectivity index (χ3n) is 2.60. The Hall–Kier alpha value is -1.29. The molecule has 108 valence electrons. The van der Waals surface area contributed by atoms with Gasteiger partial charge in [0, 0.05) is 0 Å². The highest BCUT2D eigenvalue weighted by Crippen LogP contribution is 2.11. The maximum atomic E-state index is 10.7. The Bertz CT molecular complexity index is 500. The summed E-state index contributed by atoms with van der Waals surface area (Å²) in [6, 6.07) is 6.62. The van der Waals surface area contributed by atoms with Gasteiger partial charge in [-0.25, -0.2) is 4.79 Å². The molecule has 0 spiro atoms. The highest BCUT2D eigenvalue weighted by Gasteiger charge is 2.01. The molecule has 0 aliphatic heterocycles. The number of hydrogen-bond acceptors (Lipinski definition) is 2. The van der Waals surface area contributed by atoms with Crippen LogP contribution < -0.4 is 0 Å². The van der Waals surface area contributed by atoms with Crippen molar-refractivity contribution in [2.24, 2.45) is 0 Å². The van der Waals surface area contributed by atoms with E-state index in [-0.39, 0.29) is 10.1 Å². The number of benzene rings is 1. The lowest BCUT2D eigenvalue weighted by Crippen LogP contribution is -1.97. The first-order chi connectivity index (χ1) is 9.49. The van der Waals surface area contributed by atoms with Crippen molar-refractivity contribution in [3.05, 3.63) is 57.6 Å². The molecule has 0 saturated heterocycles. The van der Waals surface area contributed by atoms with E-state index < -0.39 is 5.97 Å². The van der Waals surface area contributed by atoms with E-state index in [1.165, 1.54) is 0 Å². The summed E-state index contributed by atoms with van der Waals surface area (Å²) in [6.45, 7) is 2.90. The highest BCUT2D eigenvalue weighted by molar-refractivity contribution is 6.55. The van der Waals surface area contributed by atoms with Crippen molar-refractivity contribution in [1.29, 1.82) is 0 Å². The second-order valence-corrected chi connectivity index (χ2v) is 5.27. The Kier molecular flexibility index (Phi) is 7.37. The molecule has 1 N–H and O–H groups in total. The van der Waals surface area contributed by atoms with E-state index in [4.69, 9.17) is 33.0 Å². The van der Waals surface area contributed by atoms with E-state index >= 15 is 0 Å². The molecular formula is C15H16Cl2O3. The van der Waals surface area contributed by atoms with Crippen LogP contribution in [0.3, 0.4) is 0 Å². The van der Waals surface area contributed by atoms with Gasteiger partial charge >= 0.3 is 5.97 Å². The summed E-state index contributed by atoms with van der Waals surface area (Å²) in [5.41, 5.74) is 2.32. The Morgan fingerprint density at radius 1 is 1.25 bits per heavy atom. The van der Waals surface area contributed by atoms with E-state index in [1.807, 2.05) is 13.0 Å². The Morgan fingerprint density at radius 2 is 1.90 bits per heavy atom. The van der Waals surface area contributed by atoms with Gasteiger partial charge in [-0.3, -0.25) is 0 Å². The number of hydrogen-bond donors (Lipinski definition) is 1. The molecule has 0 aromatic heterocycles. The predicted molar refractivity (Wildman–Crippen MR) is 81.2 cm³/mol. The summed E-state index contributed by atoms with van der Waals surface area (Å²) in [7, 11) is 0. The Morgan fingerprint density at radius 3 is 2.45 bits per heavy atom. The number of aromatic carboxylic acids is 1. The number of carboxylic acids is 1. The average Bonchev–Trinajstić information content (AvgIpc) is 2.42. The molecule has 0 fully saturated rings. The number of ether oxygens (including phenoxy) is 1. The van der Waals surface area contributed by atoms with E-state index in [1.54, 1.807) is 30.3 Å². The molecule has 3 nitrogen and oxygen atoms in total. The van der Waals surface area contributed by atoms with Crippen LogP contribution in [-0.4, -0.2) is 17.7 Å². The fourth-order valence-electron chi connectivity index (χ4n) is 1.44. The van der Waals surface area contributed by atoms with Gasteiger partial charge in [-0.15, -0.1) is 0 Å². The van der Waals surface area contributed by atoms with Crippen molar-refractivity contribution in [2.75, 3.05) is 6.61 Å². The molecule has 0 aliphatic carbocycles. The zero-order chi connectivity index (χ0) is 15.0. The first-order valence-electron chi connectivity index (χ1n) is 6.06. The molecule has 5 heteroatoms. The maximum absolute atomic E-state index is 10.7. The summed E-state index contributed by atoms with van der Waals surface area (Å²) < 4.78 is 5.75. The summed E-state index contributed by atoms with van der Waals surface area (Å²) >= 11 is 11.0. The molecule has 0 heterocycles. The molecule has 0 saturated carbocycles. The van der Waals surface area contributed by atoms with Crippen LogP contribution in [0.2, 0.25) is 0 Å². The van der Waals surface area contributed by atoms with E-state index in [9.17, 15) is 4.79 Å². The third kappa shape index (κ3) is 6.75. The Balaban J connectivity index is 2.35. The molecule has 0 unspecified atom stereocenters. The van der Waals surface area contributed by atoms with Gasteiger partial charge in [0.05, 0.1) is 18.8 Å². The van der Waals surface area contributed by atoms with Crippen LogP contribution >= 0.6 is 23.2 Å². The largest absolute Gasteiger partial charge is 0.478 e. The van der Waals surface area contributed by atoms with Gasteiger partial charge in [0.2, 0.25) is 0 Å². The lowest BCUT2D eigenvalue weighted by Gasteiger charge is -2.03. The van der Waals surface area contributed by atoms with Gasteiger partial charge in [-0.2, -0.15) is 0 Å². The number of allylic oxidation sites excluding steroid dienone is 2. The smallest absolute Gasteiger partial charge is 0.335 e. The van der Waals surface area contributed by atoms with Crippen molar-refractivity contribution in [3.63, 3.8) is 0 Å². The molecule has 0 radical (unpaired) electrons. The van der Waals surface area contributed by atoms with Crippen LogP contribution in [-0.2, 0) is 11.3 Å². The Labute approximate surface area is 128 Å². The molecule has 0 aliphatic rings. The van der Waals surface area contributed by atoms with Gasteiger partial charge in [0.1, 0.15) is 4.49 Å². The minimum Gasteiger partial charge on any atom is -0.478 e. The van der Waals surface area contributed by atoms with Crippen molar-refractivity contribution in [3.8, 4) is 0 Å². The molecule has 0 amide bonds. The van der Waals surface area contributed by atoms with Crippen LogP contribution in [0.25, 0.3) is 0 Å². The first kappa shape index (κ1) is 16.8.